The summed E-state index contributed by atoms with van der Waals surface area (Å²) in [5.74, 6) is -0.713. The van der Waals surface area contributed by atoms with Gasteiger partial charge < -0.3 is 0 Å². The minimum atomic E-state index is -3.62. The zero-order chi connectivity index (χ0) is 18.4. The van der Waals surface area contributed by atoms with E-state index < -0.39 is 21.3 Å². The van der Waals surface area contributed by atoms with Crippen molar-refractivity contribution in [2.24, 2.45) is 4.40 Å². The Kier molecular flexibility index (Phi) is 4.64. The van der Waals surface area contributed by atoms with Gasteiger partial charge in [-0.05, 0) is 49.6 Å². The van der Waals surface area contributed by atoms with Crippen LogP contribution in [0.2, 0.25) is 10.2 Å². The second-order valence-corrected chi connectivity index (χ2v) is 8.81. The van der Waals surface area contributed by atoms with Gasteiger partial charge in [0.2, 0.25) is 0 Å². The van der Waals surface area contributed by atoms with Crippen LogP contribution in [0.3, 0.4) is 0 Å². The van der Waals surface area contributed by atoms with Crippen molar-refractivity contribution in [2.45, 2.75) is 25.7 Å². The number of benzene rings is 1. The first-order chi connectivity index (χ1) is 11.6. The Morgan fingerprint density at radius 2 is 1.96 bits per heavy atom. The van der Waals surface area contributed by atoms with Crippen molar-refractivity contribution >= 4 is 38.9 Å². The van der Waals surface area contributed by atoms with Crippen LogP contribution in [0.25, 0.3) is 0 Å². The van der Waals surface area contributed by atoms with Gasteiger partial charge in [0.1, 0.15) is 11.0 Å². The Morgan fingerprint density at radius 1 is 1.24 bits per heavy atom. The van der Waals surface area contributed by atoms with E-state index in [0.29, 0.717) is 22.7 Å². The first-order valence-electron chi connectivity index (χ1n) is 7.53. The van der Waals surface area contributed by atoms with Gasteiger partial charge in [-0.3, -0.25) is 0 Å². The lowest BCUT2D eigenvalue weighted by Crippen LogP contribution is -2.40. The third kappa shape index (κ3) is 3.43. The minimum absolute atomic E-state index is 0.0182. The second-order valence-electron chi connectivity index (χ2n) is 6.26. The summed E-state index contributed by atoms with van der Waals surface area (Å²) in [7, 11) is -3.62. The van der Waals surface area contributed by atoms with E-state index in [2.05, 4.69) is 9.38 Å². The summed E-state index contributed by atoms with van der Waals surface area (Å²) in [6.45, 7) is 3.61. The van der Waals surface area contributed by atoms with Crippen LogP contribution < -0.4 is 0 Å². The highest BCUT2D eigenvalue weighted by atomic mass is 35.5. The van der Waals surface area contributed by atoms with E-state index in [4.69, 9.17) is 23.2 Å². The molecule has 132 valence electrons. The Morgan fingerprint density at radius 3 is 2.60 bits per heavy atom. The molecule has 0 radical (unpaired) electrons. The molecular weight excluding hydrogens is 386 g/mol. The number of nitrogens with zero attached hydrogens (tertiary/aromatic N) is 2. The molecule has 1 atom stereocenters. The normalized spacial score (nSPS) is 22.5. The average Bonchev–Trinajstić information content (AvgIpc) is 2.54. The molecule has 0 aliphatic carbocycles. The van der Waals surface area contributed by atoms with Gasteiger partial charge in [0, 0.05) is 17.2 Å². The topological polar surface area (TPSA) is 59.4 Å². The summed E-state index contributed by atoms with van der Waals surface area (Å²) >= 11 is 11.7. The van der Waals surface area contributed by atoms with E-state index in [9.17, 15) is 12.8 Å². The average molecular weight is 401 g/mol. The Bertz CT molecular complexity index is 975. The quantitative estimate of drug-likeness (QED) is 0.705. The predicted octanol–water partition coefficient (Wildman–Crippen LogP) is 4.32. The van der Waals surface area contributed by atoms with Crippen LogP contribution in [-0.4, -0.2) is 24.9 Å². The summed E-state index contributed by atoms with van der Waals surface area (Å²) < 4.78 is 42.3. The second kappa shape index (κ2) is 6.34. The zero-order valence-corrected chi connectivity index (χ0v) is 15.9. The van der Waals surface area contributed by atoms with Crippen LogP contribution in [0.15, 0.2) is 34.9 Å². The van der Waals surface area contributed by atoms with Crippen LogP contribution in [0, 0.1) is 12.7 Å². The molecule has 0 amide bonds. The van der Waals surface area contributed by atoms with E-state index in [1.54, 1.807) is 25.3 Å². The number of rotatable bonds is 2. The summed E-state index contributed by atoms with van der Waals surface area (Å²) in [5, 5.41) is 0.318. The largest absolute Gasteiger partial charge is 0.253 e. The van der Waals surface area contributed by atoms with Gasteiger partial charge in [-0.1, -0.05) is 29.3 Å². The maximum atomic E-state index is 14.0. The van der Waals surface area contributed by atoms with E-state index in [1.807, 2.05) is 6.92 Å². The molecule has 0 N–H and O–H groups in total. The first kappa shape index (κ1) is 18.3. The minimum Gasteiger partial charge on any atom is -0.244 e. The lowest BCUT2D eigenvalue weighted by molar-refractivity contribution is 0.558. The van der Waals surface area contributed by atoms with Crippen molar-refractivity contribution < 1.29 is 12.8 Å². The molecule has 1 aliphatic heterocycles. The van der Waals surface area contributed by atoms with Crippen LogP contribution >= 0.6 is 23.2 Å². The van der Waals surface area contributed by atoms with Gasteiger partial charge >= 0.3 is 0 Å². The molecule has 0 bridgehead atoms. The molecule has 25 heavy (non-hydrogen) atoms. The predicted molar refractivity (Wildman–Crippen MR) is 97.7 cm³/mol. The van der Waals surface area contributed by atoms with Gasteiger partial charge in [0.15, 0.2) is 0 Å². The molecule has 1 aromatic heterocycles. The Hall–Kier alpha value is -1.50. The number of aromatic nitrogens is 1. The third-order valence-corrected chi connectivity index (χ3v) is 6.19. The summed E-state index contributed by atoms with van der Waals surface area (Å²) in [6, 6.07) is 6.12. The molecule has 2 aromatic rings. The number of hydrogen-bond donors (Lipinski definition) is 0. The van der Waals surface area contributed by atoms with Crippen LogP contribution in [0.1, 0.15) is 30.0 Å². The number of hydrogen-bond acceptors (Lipinski definition) is 3. The van der Waals surface area contributed by atoms with Gasteiger partial charge in [-0.25, -0.2) is 17.8 Å². The van der Waals surface area contributed by atoms with Crippen molar-refractivity contribution in [1.29, 1.82) is 0 Å². The molecule has 0 saturated heterocycles. The highest BCUT2D eigenvalue weighted by molar-refractivity contribution is 7.90. The maximum Gasteiger partial charge on any atom is 0.253 e. The first-order valence-corrected chi connectivity index (χ1v) is 9.90. The number of pyridine rings is 1. The van der Waals surface area contributed by atoms with E-state index in [0.717, 1.165) is 5.56 Å². The molecule has 1 unspecified atom stereocenters. The Balaban J connectivity index is 2.26. The molecule has 0 spiro atoms. The highest BCUT2D eigenvalue weighted by Crippen LogP contribution is 2.38. The fourth-order valence-electron chi connectivity index (χ4n) is 2.97. The monoisotopic (exact) mass is 400 g/mol. The lowest BCUT2D eigenvalue weighted by atomic mass is 9.73. The lowest BCUT2D eigenvalue weighted by Gasteiger charge is -2.35. The molecule has 0 fully saturated rings. The standard InChI is InChI=1S/C17H15Cl2FN2O2S/c1-10-7-13(18)14(20)8-12(10)16-17(2,5-6-25(23,24)22-16)11-3-4-15(19)21-9-11/h3-4,7-9H,5-6H2,1-2H3. The summed E-state index contributed by atoms with van der Waals surface area (Å²) in [5.41, 5.74) is 1.38. The molecular formula is C17H15Cl2FN2O2S. The number of halogens is 3. The fourth-order valence-corrected chi connectivity index (χ4v) is 4.63. The van der Waals surface area contributed by atoms with E-state index >= 15 is 0 Å². The maximum absolute atomic E-state index is 14.0. The molecule has 1 aromatic carbocycles. The SMILES string of the molecule is Cc1cc(Cl)c(F)cc1C1=NS(=O)(=O)CCC1(C)c1ccc(Cl)nc1. The molecule has 1 aliphatic rings. The summed E-state index contributed by atoms with van der Waals surface area (Å²) in [6.07, 6.45) is 1.90. The van der Waals surface area contributed by atoms with Gasteiger partial charge in [-0.2, -0.15) is 4.40 Å². The number of aryl methyl sites for hydroxylation is 1. The Labute approximate surface area is 155 Å². The van der Waals surface area contributed by atoms with Gasteiger partial charge in [-0.15, -0.1) is 0 Å². The zero-order valence-electron chi connectivity index (χ0n) is 13.6. The fraction of sp³-hybridized carbons (Fsp3) is 0.294. The highest BCUT2D eigenvalue weighted by Gasteiger charge is 2.40. The van der Waals surface area contributed by atoms with E-state index in [-0.39, 0.29) is 16.5 Å². The van der Waals surface area contributed by atoms with Crippen molar-refractivity contribution in [3.05, 3.63) is 63.1 Å². The van der Waals surface area contributed by atoms with Crippen molar-refractivity contribution in [3.8, 4) is 0 Å². The summed E-state index contributed by atoms with van der Waals surface area (Å²) in [4.78, 5) is 4.08. The van der Waals surface area contributed by atoms with Crippen LogP contribution in [0.4, 0.5) is 4.39 Å². The smallest absolute Gasteiger partial charge is 0.244 e. The molecule has 3 rings (SSSR count). The van der Waals surface area contributed by atoms with E-state index in [1.165, 1.54) is 12.1 Å². The van der Waals surface area contributed by atoms with Crippen molar-refractivity contribution in [2.75, 3.05) is 5.75 Å². The van der Waals surface area contributed by atoms with Crippen LogP contribution in [-0.2, 0) is 15.4 Å². The van der Waals surface area contributed by atoms with Gasteiger partial charge in [0.05, 0.1) is 16.5 Å². The molecule has 4 nitrogen and oxygen atoms in total. The molecule has 0 saturated carbocycles. The van der Waals surface area contributed by atoms with Crippen molar-refractivity contribution in [1.82, 2.24) is 4.98 Å². The third-order valence-electron chi connectivity index (χ3n) is 4.50. The van der Waals surface area contributed by atoms with Crippen LogP contribution in [0.5, 0.6) is 0 Å². The molecule has 8 heteroatoms. The molecule has 2 heterocycles. The van der Waals surface area contributed by atoms with Gasteiger partial charge in [0.25, 0.3) is 10.0 Å². The number of sulfonamides is 1. The van der Waals surface area contributed by atoms with Crippen molar-refractivity contribution in [3.63, 3.8) is 0 Å².